The molecule has 0 saturated carbocycles. The number of carbonyl (C=O) groups is 2. The summed E-state index contributed by atoms with van der Waals surface area (Å²) in [7, 11) is 1.58. The second-order valence-electron chi connectivity index (χ2n) is 6.00. The summed E-state index contributed by atoms with van der Waals surface area (Å²) in [5.74, 6) is 0.0417. The smallest absolute Gasteiger partial charge is 0.196 e. The first-order chi connectivity index (χ1) is 11.8. The fourth-order valence-corrected chi connectivity index (χ4v) is 2.22. The van der Waals surface area contributed by atoms with Crippen molar-refractivity contribution in [1.29, 1.82) is 0 Å². The minimum Gasteiger partial charge on any atom is -0.511 e. The number of aliphatic hydroxyl groups excluding tert-OH is 1. The minimum absolute atomic E-state index is 0.0794. The zero-order valence-corrected chi connectivity index (χ0v) is 15.3. The molecule has 2 rings (SSSR count). The highest BCUT2D eigenvalue weighted by Gasteiger charge is 2.29. The Labute approximate surface area is 149 Å². The van der Waals surface area contributed by atoms with E-state index in [1.165, 1.54) is 0 Å². The van der Waals surface area contributed by atoms with Gasteiger partial charge >= 0.3 is 0 Å². The van der Waals surface area contributed by atoms with Gasteiger partial charge in [0.2, 0.25) is 0 Å². The molecule has 0 bridgehead atoms. The SMILES string of the molecule is CCC=CC(C)=O.COC1(C)C=CC(C(=O)c2ccccc2)=C(O)C1. The largest absolute Gasteiger partial charge is 0.511 e. The molecule has 0 aliphatic heterocycles. The first kappa shape index (κ1) is 20.6. The van der Waals surface area contributed by atoms with Crippen molar-refractivity contribution in [1.82, 2.24) is 0 Å². The van der Waals surface area contributed by atoms with Gasteiger partial charge in [-0.25, -0.2) is 0 Å². The Balaban J connectivity index is 0.000000381. The molecule has 25 heavy (non-hydrogen) atoms. The zero-order valence-electron chi connectivity index (χ0n) is 15.3. The van der Waals surface area contributed by atoms with Crippen LogP contribution in [-0.2, 0) is 9.53 Å². The third-order valence-corrected chi connectivity index (χ3v) is 3.77. The first-order valence-electron chi connectivity index (χ1n) is 8.26. The van der Waals surface area contributed by atoms with Gasteiger partial charge in [-0.05, 0) is 32.4 Å². The van der Waals surface area contributed by atoms with Gasteiger partial charge in [-0.15, -0.1) is 0 Å². The van der Waals surface area contributed by atoms with Gasteiger partial charge in [0, 0.05) is 19.1 Å². The predicted octanol–water partition coefficient (Wildman–Crippen LogP) is 4.59. The van der Waals surface area contributed by atoms with E-state index in [0.717, 1.165) is 6.42 Å². The number of aliphatic hydroxyl groups is 1. The molecule has 0 fully saturated rings. The first-order valence-corrected chi connectivity index (χ1v) is 8.26. The molecule has 0 amide bonds. The highest BCUT2D eigenvalue weighted by molar-refractivity contribution is 6.11. The molecule has 1 aliphatic rings. The van der Waals surface area contributed by atoms with Gasteiger partial charge < -0.3 is 9.84 Å². The molecule has 1 aliphatic carbocycles. The van der Waals surface area contributed by atoms with E-state index in [0.29, 0.717) is 17.6 Å². The standard InChI is InChI=1S/C15H16O3.C6H10O/c1-15(18-2)9-8-12(13(16)10-15)14(17)11-6-4-3-5-7-11;1-3-4-5-6(2)7/h3-9,16H,10H2,1-2H3;4-5H,3H2,1-2H3. The maximum Gasteiger partial charge on any atom is 0.196 e. The van der Waals surface area contributed by atoms with Crippen LogP contribution in [-0.4, -0.2) is 29.4 Å². The van der Waals surface area contributed by atoms with Crippen LogP contribution in [0.15, 0.2) is 66.0 Å². The third-order valence-electron chi connectivity index (χ3n) is 3.77. The van der Waals surface area contributed by atoms with Crippen molar-refractivity contribution >= 4 is 11.6 Å². The number of Topliss-reactive ketones (excluding diaryl/α,β-unsaturated/α-hetero) is 1. The Kier molecular flexibility index (Phi) is 8.02. The number of ketones is 2. The van der Waals surface area contributed by atoms with Gasteiger partial charge in [0.25, 0.3) is 0 Å². The van der Waals surface area contributed by atoms with Crippen LogP contribution >= 0.6 is 0 Å². The van der Waals surface area contributed by atoms with Gasteiger partial charge in [-0.2, -0.15) is 0 Å². The summed E-state index contributed by atoms with van der Waals surface area (Å²) < 4.78 is 5.29. The topological polar surface area (TPSA) is 63.6 Å². The van der Waals surface area contributed by atoms with Crippen LogP contribution in [0, 0.1) is 0 Å². The van der Waals surface area contributed by atoms with Crippen molar-refractivity contribution in [3.63, 3.8) is 0 Å². The Morgan fingerprint density at radius 3 is 2.36 bits per heavy atom. The maximum atomic E-state index is 12.2. The lowest BCUT2D eigenvalue weighted by molar-refractivity contribution is -0.112. The highest BCUT2D eigenvalue weighted by atomic mass is 16.5. The number of hydrogen-bond acceptors (Lipinski definition) is 4. The Bertz CT molecular complexity index is 683. The predicted molar refractivity (Wildman–Crippen MR) is 99.7 cm³/mol. The van der Waals surface area contributed by atoms with Crippen LogP contribution in [0.1, 0.15) is 44.0 Å². The Morgan fingerprint density at radius 1 is 1.28 bits per heavy atom. The molecular formula is C21H26O4. The lowest BCUT2D eigenvalue weighted by atomic mass is 9.89. The molecule has 4 heteroatoms. The van der Waals surface area contributed by atoms with Gasteiger partial charge in [0.15, 0.2) is 11.6 Å². The van der Waals surface area contributed by atoms with E-state index in [4.69, 9.17) is 4.74 Å². The summed E-state index contributed by atoms with van der Waals surface area (Å²) >= 11 is 0. The summed E-state index contributed by atoms with van der Waals surface area (Å²) in [6.45, 7) is 5.41. The fraction of sp³-hybridized carbons (Fsp3) is 0.333. The summed E-state index contributed by atoms with van der Waals surface area (Å²) in [5.41, 5.74) is 0.380. The number of benzene rings is 1. The molecule has 0 spiro atoms. The molecule has 1 unspecified atom stereocenters. The van der Waals surface area contributed by atoms with E-state index in [1.807, 2.05) is 32.1 Å². The van der Waals surface area contributed by atoms with Crippen molar-refractivity contribution in [2.45, 2.75) is 39.2 Å². The molecule has 0 radical (unpaired) electrons. The van der Waals surface area contributed by atoms with Crippen molar-refractivity contribution in [2.75, 3.05) is 7.11 Å². The third kappa shape index (κ3) is 6.51. The van der Waals surface area contributed by atoms with Crippen molar-refractivity contribution < 1.29 is 19.4 Å². The van der Waals surface area contributed by atoms with E-state index >= 15 is 0 Å². The number of allylic oxidation sites excluding steroid dienone is 4. The molecule has 0 aromatic heterocycles. The van der Waals surface area contributed by atoms with Gasteiger partial charge in [0.1, 0.15) is 5.76 Å². The fourth-order valence-electron chi connectivity index (χ4n) is 2.22. The second-order valence-corrected chi connectivity index (χ2v) is 6.00. The molecule has 0 saturated heterocycles. The van der Waals surface area contributed by atoms with Crippen LogP contribution in [0.2, 0.25) is 0 Å². The normalized spacial score (nSPS) is 19.5. The number of hydrogen-bond donors (Lipinski definition) is 1. The average molecular weight is 342 g/mol. The average Bonchev–Trinajstić information content (AvgIpc) is 2.61. The molecule has 134 valence electrons. The molecule has 4 nitrogen and oxygen atoms in total. The van der Waals surface area contributed by atoms with Crippen LogP contribution in [0.4, 0.5) is 0 Å². The van der Waals surface area contributed by atoms with Crippen LogP contribution in [0.5, 0.6) is 0 Å². The van der Waals surface area contributed by atoms with Crippen molar-refractivity contribution in [3.8, 4) is 0 Å². The Morgan fingerprint density at radius 2 is 1.92 bits per heavy atom. The molecular weight excluding hydrogens is 316 g/mol. The highest BCUT2D eigenvalue weighted by Crippen LogP contribution is 2.29. The number of ether oxygens (including phenoxy) is 1. The summed E-state index contributed by atoms with van der Waals surface area (Å²) in [4.78, 5) is 22.3. The minimum atomic E-state index is -0.537. The maximum absolute atomic E-state index is 12.2. The van der Waals surface area contributed by atoms with Crippen molar-refractivity contribution in [2.24, 2.45) is 0 Å². The molecule has 1 atom stereocenters. The second kappa shape index (κ2) is 9.74. The van der Waals surface area contributed by atoms with Crippen molar-refractivity contribution in [3.05, 3.63) is 71.5 Å². The quantitative estimate of drug-likeness (QED) is 0.628. The molecule has 1 aromatic rings. The van der Waals surface area contributed by atoms with E-state index < -0.39 is 5.60 Å². The lowest BCUT2D eigenvalue weighted by Crippen LogP contribution is -2.28. The molecule has 1 aromatic carbocycles. The number of carbonyl (C=O) groups excluding carboxylic acids is 2. The number of methoxy groups -OCH3 is 1. The van der Waals surface area contributed by atoms with Gasteiger partial charge in [-0.3, -0.25) is 9.59 Å². The Hall–Kier alpha value is -2.46. The van der Waals surface area contributed by atoms with Gasteiger partial charge in [0.05, 0.1) is 11.2 Å². The van der Waals surface area contributed by atoms with Crippen LogP contribution in [0.3, 0.4) is 0 Å². The van der Waals surface area contributed by atoms with E-state index in [-0.39, 0.29) is 17.3 Å². The van der Waals surface area contributed by atoms with E-state index in [1.54, 1.807) is 50.5 Å². The van der Waals surface area contributed by atoms with E-state index in [9.17, 15) is 14.7 Å². The summed E-state index contributed by atoms with van der Waals surface area (Å²) in [6, 6.07) is 8.93. The lowest BCUT2D eigenvalue weighted by Gasteiger charge is -2.27. The van der Waals surface area contributed by atoms with E-state index in [2.05, 4.69) is 0 Å². The number of rotatable bonds is 5. The summed E-state index contributed by atoms with van der Waals surface area (Å²) in [5, 5.41) is 9.99. The van der Waals surface area contributed by atoms with Gasteiger partial charge in [-0.1, -0.05) is 49.4 Å². The summed E-state index contributed by atoms with van der Waals surface area (Å²) in [6.07, 6.45) is 8.14. The molecule has 1 N–H and O–H groups in total. The monoisotopic (exact) mass is 342 g/mol. The van der Waals surface area contributed by atoms with Crippen LogP contribution in [0.25, 0.3) is 0 Å². The zero-order chi connectivity index (χ0) is 18.9. The molecule has 0 heterocycles. The van der Waals surface area contributed by atoms with Crippen LogP contribution < -0.4 is 0 Å².